The topological polar surface area (TPSA) is 73.0 Å². The van der Waals surface area contributed by atoms with Crippen molar-refractivity contribution >= 4 is 17.1 Å². The number of hydrogen-bond donors (Lipinski definition) is 0. The van der Waals surface area contributed by atoms with Gasteiger partial charge in [0.1, 0.15) is 0 Å². The van der Waals surface area contributed by atoms with Crippen molar-refractivity contribution in [3.63, 3.8) is 0 Å². The smallest absolute Gasteiger partial charge is 0.330 e. The van der Waals surface area contributed by atoms with E-state index in [0.29, 0.717) is 25.2 Å². The highest BCUT2D eigenvalue weighted by atomic mass is 16.2. The van der Waals surface area contributed by atoms with E-state index in [2.05, 4.69) is 9.97 Å². The molecule has 0 saturated carbocycles. The van der Waals surface area contributed by atoms with E-state index in [1.165, 1.54) is 0 Å². The molecule has 3 aromatic rings. The molecule has 1 fully saturated rings. The standard InChI is InChI=1S/C18H19N5O2/c1-21-15-5-3-8-20-17(15)23(18(21)25)14-6-9-22(12-14)16(24)10-13-4-2-7-19-11-13/h2-5,7-8,11,14H,6,9-10,12H2,1H3/t14-/m0/s1. The molecule has 0 aliphatic carbocycles. The van der Waals surface area contributed by atoms with Gasteiger partial charge in [0.05, 0.1) is 18.0 Å². The first-order valence-electron chi connectivity index (χ1n) is 8.34. The summed E-state index contributed by atoms with van der Waals surface area (Å²) in [5.74, 6) is 0.0664. The molecule has 4 rings (SSSR count). The van der Waals surface area contributed by atoms with Crippen LogP contribution in [0, 0.1) is 0 Å². The molecule has 0 radical (unpaired) electrons. The SMILES string of the molecule is Cn1c(=O)n([C@H]2CCN(C(=O)Cc3cccnc3)C2)c2ncccc21. The number of pyridine rings is 2. The molecule has 1 atom stereocenters. The number of nitrogens with zero attached hydrogens (tertiary/aromatic N) is 5. The fraction of sp³-hybridized carbons (Fsp3) is 0.333. The summed E-state index contributed by atoms with van der Waals surface area (Å²) in [5, 5.41) is 0. The van der Waals surface area contributed by atoms with Crippen LogP contribution in [-0.4, -0.2) is 43.0 Å². The highest BCUT2D eigenvalue weighted by Gasteiger charge is 2.30. The van der Waals surface area contributed by atoms with Crippen LogP contribution in [0.25, 0.3) is 11.2 Å². The Kier molecular flexibility index (Phi) is 3.83. The number of aryl methyl sites for hydroxylation is 1. The van der Waals surface area contributed by atoms with Crippen LogP contribution in [0.4, 0.5) is 0 Å². The summed E-state index contributed by atoms with van der Waals surface area (Å²) < 4.78 is 3.34. The van der Waals surface area contributed by atoms with Gasteiger partial charge in [-0.2, -0.15) is 0 Å². The molecule has 128 valence electrons. The van der Waals surface area contributed by atoms with Crippen LogP contribution in [0.2, 0.25) is 0 Å². The summed E-state index contributed by atoms with van der Waals surface area (Å²) in [5.41, 5.74) is 2.31. The number of amides is 1. The van der Waals surface area contributed by atoms with Crippen molar-refractivity contribution in [2.45, 2.75) is 18.9 Å². The largest absolute Gasteiger partial charge is 0.340 e. The third-order valence-electron chi connectivity index (χ3n) is 4.81. The quantitative estimate of drug-likeness (QED) is 0.719. The Morgan fingerprint density at radius 1 is 1.28 bits per heavy atom. The maximum absolute atomic E-state index is 12.6. The van der Waals surface area contributed by atoms with Crippen molar-refractivity contribution in [3.8, 4) is 0 Å². The first-order valence-corrected chi connectivity index (χ1v) is 8.34. The van der Waals surface area contributed by atoms with Crippen LogP contribution in [-0.2, 0) is 18.3 Å². The second-order valence-corrected chi connectivity index (χ2v) is 6.38. The molecule has 0 aromatic carbocycles. The lowest BCUT2D eigenvalue weighted by atomic mass is 10.2. The number of rotatable bonds is 3. The van der Waals surface area contributed by atoms with E-state index in [1.807, 2.05) is 29.2 Å². The predicted octanol–water partition coefficient (Wildman–Crippen LogP) is 1.15. The van der Waals surface area contributed by atoms with Gasteiger partial charge >= 0.3 is 5.69 Å². The van der Waals surface area contributed by atoms with Crippen molar-refractivity contribution < 1.29 is 4.79 Å². The molecule has 1 amide bonds. The lowest BCUT2D eigenvalue weighted by Gasteiger charge is -2.17. The molecule has 0 N–H and O–H groups in total. The number of hydrogen-bond acceptors (Lipinski definition) is 4. The zero-order chi connectivity index (χ0) is 17.4. The first kappa shape index (κ1) is 15.6. The van der Waals surface area contributed by atoms with Crippen LogP contribution in [0.15, 0.2) is 47.7 Å². The van der Waals surface area contributed by atoms with Crippen molar-refractivity contribution in [2.75, 3.05) is 13.1 Å². The molecule has 7 heteroatoms. The monoisotopic (exact) mass is 337 g/mol. The third kappa shape index (κ3) is 2.71. The molecule has 4 heterocycles. The minimum Gasteiger partial charge on any atom is -0.340 e. The van der Waals surface area contributed by atoms with Crippen LogP contribution < -0.4 is 5.69 Å². The van der Waals surface area contributed by atoms with E-state index in [1.54, 1.807) is 34.8 Å². The highest BCUT2D eigenvalue weighted by Crippen LogP contribution is 2.24. The summed E-state index contributed by atoms with van der Waals surface area (Å²) in [6.45, 7) is 1.19. The predicted molar refractivity (Wildman–Crippen MR) is 93.1 cm³/mol. The normalized spacial score (nSPS) is 17.3. The number of imidazole rings is 1. The Hall–Kier alpha value is -2.96. The zero-order valence-corrected chi connectivity index (χ0v) is 14.0. The lowest BCUT2D eigenvalue weighted by Crippen LogP contribution is -2.32. The molecule has 7 nitrogen and oxygen atoms in total. The average Bonchev–Trinajstić information content (AvgIpc) is 3.20. The van der Waals surface area contributed by atoms with Gasteiger partial charge in [-0.1, -0.05) is 6.07 Å². The lowest BCUT2D eigenvalue weighted by molar-refractivity contribution is -0.129. The molecule has 1 saturated heterocycles. The number of likely N-dealkylation sites (tertiary alicyclic amines) is 1. The van der Waals surface area contributed by atoms with Gasteiger partial charge < -0.3 is 4.90 Å². The molecule has 1 aliphatic heterocycles. The van der Waals surface area contributed by atoms with Crippen LogP contribution >= 0.6 is 0 Å². The maximum atomic E-state index is 12.6. The fourth-order valence-corrected chi connectivity index (χ4v) is 3.49. The zero-order valence-electron chi connectivity index (χ0n) is 14.0. The van der Waals surface area contributed by atoms with Gasteiger partial charge in [-0.3, -0.25) is 18.9 Å². The molecule has 0 bridgehead atoms. The van der Waals surface area contributed by atoms with E-state index in [9.17, 15) is 9.59 Å². The molecule has 25 heavy (non-hydrogen) atoms. The summed E-state index contributed by atoms with van der Waals surface area (Å²) >= 11 is 0. The minimum atomic E-state index is -0.0831. The molecular formula is C18H19N5O2. The van der Waals surface area contributed by atoms with Gasteiger partial charge in [0.2, 0.25) is 5.91 Å². The number of aromatic nitrogens is 4. The van der Waals surface area contributed by atoms with Gasteiger partial charge in [-0.25, -0.2) is 9.78 Å². The highest BCUT2D eigenvalue weighted by molar-refractivity contribution is 5.79. The van der Waals surface area contributed by atoms with Crippen LogP contribution in [0.3, 0.4) is 0 Å². The Balaban J connectivity index is 1.56. The average molecular weight is 337 g/mol. The Labute approximate surface area is 144 Å². The van der Waals surface area contributed by atoms with E-state index in [-0.39, 0.29) is 17.6 Å². The second-order valence-electron chi connectivity index (χ2n) is 6.38. The van der Waals surface area contributed by atoms with Gasteiger partial charge in [-0.15, -0.1) is 0 Å². The maximum Gasteiger partial charge on any atom is 0.330 e. The Morgan fingerprint density at radius 3 is 2.92 bits per heavy atom. The van der Waals surface area contributed by atoms with E-state index >= 15 is 0 Å². The van der Waals surface area contributed by atoms with Gasteiger partial charge in [0, 0.05) is 38.7 Å². The van der Waals surface area contributed by atoms with Crippen LogP contribution in [0.1, 0.15) is 18.0 Å². The molecule has 1 aliphatic rings. The summed E-state index contributed by atoms with van der Waals surface area (Å²) in [6.07, 6.45) is 6.19. The van der Waals surface area contributed by atoms with E-state index < -0.39 is 0 Å². The van der Waals surface area contributed by atoms with Crippen molar-refractivity contribution in [2.24, 2.45) is 7.05 Å². The number of carbonyl (C=O) groups excluding carboxylic acids is 1. The Morgan fingerprint density at radius 2 is 2.12 bits per heavy atom. The number of fused-ring (bicyclic) bond motifs is 1. The number of carbonyl (C=O) groups is 1. The summed E-state index contributed by atoms with van der Waals surface area (Å²) in [7, 11) is 1.75. The van der Waals surface area contributed by atoms with E-state index in [4.69, 9.17) is 0 Å². The first-order chi connectivity index (χ1) is 12.1. The summed E-state index contributed by atoms with van der Waals surface area (Å²) in [6, 6.07) is 7.41. The van der Waals surface area contributed by atoms with Gasteiger partial charge in [0.25, 0.3) is 0 Å². The van der Waals surface area contributed by atoms with Gasteiger partial charge in [0.15, 0.2) is 5.65 Å². The van der Waals surface area contributed by atoms with E-state index in [0.717, 1.165) is 17.5 Å². The summed E-state index contributed by atoms with van der Waals surface area (Å²) in [4.78, 5) is 35.4. The molecule has 0 unspecified atom stereocenters. The third-order valence-corrected chi connectivity index (χ3v) is 4.81. The molecule has 0 spiro atoms. The minimum absolute atomic E-state index is 0.0380. The van der Waals surface area contributed by atoms with Crippen molar-refractivity contribution in [1.29, 1.82) is 0 Å². The fourth-order valence-electron chi connectivity index (χ4n) is 3.49. The molecular weight excluding hydrogens is 318 g/mol. The second kappa shape index (κ2) is 6.16. The molecule has 3 aromatic heterocycles. The van der Waals surface area contributed by atoms with Crippen LogP contribution in [0.5, 0.6) is 0 Å². The van der Waals surface area contributed by atoms with Crippen molar-refractivity contribution in [3.05, 3.63) is 58.9 Å². The van der Waals surface area contributed by atoms with Crippen molar-refractivity contribution in [1.82, 2.24) is 24.0 Å². The Bertz CT molecular complexity index is 976. The van der Waals surface area contributed by atoms with Gasteiger partial charge in [-0.05, 0) is 30.2 Å².